The molecule has 3 unspecified atom stereocenters. The standard InChI is InChI=1S/C19H20ClN5O9P2/c20-19-22-16(24-6-5-10-3-1-2-4-11(10)24)13-17(23-19)25(8-21-13)18-15(27)14(26)12(34-18)7-33-36(31,32)9-35(28,29)30/h1-6,8,12,14-15,18,26-27H,7,9H2,(H,31,32)(H2,28,29,30)/t12-,14?,15?,18-/m1/s1. The van der Waals surface area contributed by atoms with Gasteiger partial charge in [-0.2, -0.15) is 9.97 Å². The van der Waals surface area contributed by atoms with Crippen LogP contribution < -0.4 is 0 Å². The van der Waals surface area contributed by atoms with E-state index in [1.807, 2.05) is 30.3 Å². The Kier molecular flexibility index (Phi) is 6.54. The molecule has 5 rings (SSSR count). The first kappa shape index (κ1) is 25.4. The van der Waals surface area contributed by atoms with E-state index in [1.165, 1.54) is 10.9 Å². The maximum Gasteiger partial charge on any atom is 0.340 e. The molecule has 0 bridgehead atoms. The van der Waals surface area contributed by atoms with Gasteiger partial charge in [-0.05, 0) is 29.1 Å². The average molecular weight is 560 g/mol. The maximum atomic E-state index is 11.9. The minimum atomic E-state index is -4.83. The molecule has 14 nitrogen and oxygen atoms in total. The van der Waals surface area contributed by atoms with Crippen molar-refractivity contribution in [3.05, 3.63) is 48.1 Å². The number of aliphatic hydroxyl groups is 2. The number of aromatic nitrogens is 5. The first-order valence-electron chi connectivity index (χ1n) is 10.4. The van der Waals surface area contributed by atoms with Crippen LogP contribution in [0.3, 0.4) is 0 Å². The first-order chi connectivity index (χ1) is 16.9. The van der Waals surface area contributed by atoms with E-state index in [9.17, 15) is 24.2 Å². The Bertz CT molecular complexity index is 1540. The minimum Gasteiger partial charge on any atom is -0.387 e. The highest BCUT2D eigenvalue weighted by Gasteiger charge is 2.45. The van der Waals surface area contributed by atoms with Gasteiger partial charge in [-0.3, -0.25) is 18.3 Å². The number of nitrogens with zero attached hydrogens (tertiary/aromatic N) is 5. The Balaban J connectivity index is 1.45. The Morgan fingerprint density at radius 3 is 2.58 bits per heavy atom. The number of halogens is 1. The van der Waals surface area contributed by atoms with Gasteiger partial charge in [0.25, 0.3) is 0 Å². The van der Waals surface area contributed by atoms with Gasteiger partial charge in [0.15, 0.2) is 29.1 Å². The molecule has 1 saturated heterocycles. The Morgan fingerprint density at radius 1 is 1.08 bits per heavy atom. The van der Waals surface area contributed by atoms with Gasteiger partial charge >= 0.3 is 15.2 Å². The van der Waals surface area contributed by atoms with Crippen LogP contribution in [-0.2, 0) is 18.4 Å². The van der Waals surface area contributed by atoms with E-state index in [0.717, 1.165) is 10.9 Å². The number of benzene rings is 1. The van der Waals surface area contributed by atoms with Gasteiger partial charge in [0.2, 0.25) is 5.28 Å². The van der Waals surface area contributed by atoms with Crippen molar-refractivity contribution < 1.29 is 43.3 Å². The van der Waals surface area contributed by atoms with Crippen molar-refractivity contribution in [2.45, 2.75) is 24.5 Å². The lowest BCUT2D eigenvalue weighted by Crippen LogP contribution is -2.33. The van der Waals surface area contributed by atoms with Crippen molar-refractivity contribution in [3.8, 4) is 5.82 Å². The fraction of sp³-hybridized carbons (Fsp3) is 0.316. The molecule has 5 N–H and O–H groups in total. The third-order valence-electron chi connectivity index (χ3n) is 5.62. The zero-order valence-corrected chi connectivity index (χ0v) is 20.7. The van der Waals surface area contributed by atoms with Crippen LogP contribution >= 0.6 is 26.8 Å². The molecule has 0 saturated carbocycles. The number of ether oxygens (including phenoxy) is 1. The number of hydrogen-bond acceptors (Lipinski definition) is 9. The predicted octanol–water partition coefficient (Wildman–Crippen LogP) is 1.38. The van der Waals surface area contributed by atoms with E-state index < -0.39 is 52.2 Å². The van der Waals surface area contributed by atoms with Gasteiger partial charge in [0.1, 0.15) is 18.3 Å². The molecule has 1 fully saturated rings. The lowest BCUT2D eigenvalue weighted by molar-refractivity contribution is -0.0483. The summed E-state index contributed by atoms with van der Waals surface area (Å²) in [5, 5.41) is 21.9. The van der Waals surface area contributed by atoms with Crippen LogP contribution in [0.1, 0.15) is 6.23 Å². The van der Waals surface area contributed by atoms with E-state index in [1.54, 1.807) is 10.8 Å². The van der Waals surface area contributed by atoms with E-state index in [0.29, 0.717) is 11.3 Å². The summed E-state index contributed by atoms with van der Waals surface area (Å²) >= 11 is 6.20. The zero-order valence-electron chi connectivity index (χ0n) is 18.1. The Labute approximate surface area is 207 Å². The van der Waals surface area contributed by atoms with Crippen molar-refractivity contribution in [1.29, 1.82) is 0 Å². The summed E-state index contributed by atoms with van der Waals surface area (Å²) in [6.07, 6.45) is -2.51. The Morgan fingerprint density at radius 2 is 1.83 bits per heavy atom. The molecule has 1 aromatic carbocycles. The molecule has 4 aromatic rings. The summed E-state index contributed by atoms with van der Waals surface area (Å²) in [5.74, 6) is -1.02. The highest BCUT2D eigenvalue weighted by atomic mass is 35.5. The summed E-state index contributed by atoms with van der Waals surface area (Å²) in [7, 11) is -9.52. The third kappa shape index (κ3) is 4.85. The molecular weight excluding hydrogens is 540 g/mol. The van der Waals surface area contributed by atoms with Crippen molar-refractivity contribution >= 4 is 48.9 Å². The molecule has 192 valence electrons. The normalized spacial score (nSPS) is 24.5. The van der Waals surface area contributed by atoms with Crippen LogP contribution in [0, 0.1) is 0 Å². The van der Waals surface area contributed by atoms with Crippen molar-refractivity contribution in [2.75, 3.05) is 12.5 Å². The molecule has 0 amide bonds. The SMILES string of the molecule is O=P(O)(O)CP(=O)(O)OC[C@H]1O[C@@H](n2cnc3c(-n4ccc5ccccc54)nc(Cl)nc32)C(O)C1O. The molecule has 4 heterocycles. The van der Waals surface area contributed by atoms with E-state index in [-0.39, 0.29) is 10.9 Å². The highest BCUT2D eigenvalue weighted by Crippen LogP contribution is 2.55. The van der Waals surface area contributed by atoms with Crippen molar-refractivity contribution in [1.82, 2.24) is 24.1 Å². The molecule has 3 aromatic heterocycles. The second kappa shape index (κ2) is 9.26. The molecule has 36 heavy (non-hydrogen) atoms. The monoisotopic (exact) mass is 559 g/mol. The smallest absolute Gasteiger partial charge is 0.340 e. The molecule has 0 radical (unpaired) electrons. The molecule has 5 atom stereocenters. The zero-order chi connectivity index (χ0) is 25.8. The molecule has 0 aliphatic carbocycles. The van der Waals surface area contributed by atoms with Gasteiger partial charge in [-0.25, -0.2) is 4.98 Å². The summed E-state index contributed by atoms with van der Waals surface area (Å²) in [4.78, 5) is 40.4. The van der Waals surface area contributed by atoms with E-state index in [2.05, 4.69) is 15.0 Å². The number of fused-ring (bicyclic) bond motifs is 2. The quantitative estimate of drug-likeness (QED) is 0.161. The fourth-order valence-electron chi connectivity index (χ4n) is 4.06. The largest absolute Gasteiger partial charge is 0.387 e. The molecule has 17 heteroatoms. The maximum absolute atomic E-state index is 11.9. The predicted molar refractivity (Wildman–Crippen MR) is 126 cm³/mol. The van der Waals surface area contributed by atoms with Gasteiger partial charge in [0, 0.05) is 6.20 Å². The summed E-state index contributed by atoms with van der Waals surface area (Å²) in [6.45, 7) is -0.717. The van der Waals surface area contributed by atoms with Crippen LogP contribution in [0.5, 0.6) is 0 Å². The Hall–Kier alpha value is -2.22. The van der Waals surface area contributed by atoms with Crippen molar-refractivity contribution in [3.63, 3.8) is 0 Å². The second-order valence-electron chi connectivity index (χ2n) is 8.17. The summed E-state index contributed by atoms with van der Waals surface area (Å²) in [5.41, 5.74) is 1.36. The topological polar surface area (TPSA) is 202 Å². The molecule has 0 spiro atoms. The molecule has 1 aliphatic heterocycles. The van der Waals surface area contributed by atoms with Crippen LogP contribution in [0.4, 0.5) is 0 Å². The summed E-state index contributed by atoms with van der Waals surface area (Å²) < 4.78 is 36.5. The third-order valence-corrected chi connectivity index (χ3v) is 9.24. The van der Waals surface area contributed by atoms with Gasteiger partial charge in [-0.1, -0.05) is 18.2 Å². The number of rotatable bonds is 7. The first-order valence-corrected chi connectivity index (χ1v) is 14.4. The van der Waals surface area contributed by atoms with Crippen LogP contribution in [-0.4, -0.2) is 79.8 Å². The van der Waals surface area contributed by atoms with Crippen LogP contribution in [0.2, 0.25) is 5.28 Å². The molecule has 1 aliphatic rings. The number of aliphatic hydroxyl groups excluding tert-OH is 2. The lowest BCUT2D eigenvalue weighted by atomic mass is 10.1. The summed E-state index contributed by atoms with van der Waals surface area (Å²) in [6, 6.07) is 9.49. The van der Waals surface area contributed by atoms with Crippen LogP contribution in [0.25, 0.3) is 27.9 Å². The lowest BCUT2D eigenvalue weighted by Gasteiger charge is -2.18. The average Bonchev–Trinajstić information content (AvgIpc) is 3.47. The number of imidazole rings is 1. The van der Waals surface area contributed by atoms with Gasteiger partial charge in [-0.15, -0.1) is 0 Å². The highest BCUT2D eigenvalue weighted by molar-refractivity contribution is 7.70. The number of hydrogen-bond donors (Lipinski definition) is 5. The number of para-hydroxylation sites is 1. The van der Waals surface area contributed by atoms with Gasteiger partial charge in [0.05, 0.1) is 18.5 Å². The van der Waals surface area contributed by atoms with Crippen LogP contribution in [0.15, 0.2) is 42.9 Å². The van der Waals surface area contributed by atoms with E-state index >= 15 is 0 Å². The van der Waals surface area contributed by atoms with Gasteiger partial charge < -0.3 is 34.2 Å². The molecular formula is C19H20ClN5O9P2. The minimum absolute atomic E-state index is 0.108. The fourth-order valence-corrected chi connectivity index (χ4v) is 6.79. The second-order valence-corrected chi connectivity index (χ2v) is 12.5. The van der Waals surface area contributed by atoms with E-state index in [4.69, 9.17) is 30.6 Å². The van der Waals surface area contributed by atoms with Crippen molar-refractivity contribution in [2.24, 2.45) is 0 Å².